The van der Waals surface area contributed by atoms with Gasteiger partial charge >= 0.3 is 0 Å². The number of anilines is 3. The van der Waals surface area contributed by atoms with E-state index >= 15 is 0 Å². The van der Waals surface area contributed by atoms with Crippen molar-refractivity contribution in [1.82, 2.24) is 9.97 Å². The van der Waals surface area contributed by atoms with Crippen molar-refractivity contribution in [1.29, 1.82) is 0 Å². The van der Waals surface area contributed by atoms with Crippen molar-refractivity contribution in [3.05, 3.63) is 101 Å². The van der Waals surface area contributed by atoms with Crippen molar-refractivity contribution < 1.29 is 9.59 Å². The van der Waals surface area contributed by atoms with Gasteiger partial charge in [-0.3, -0.25) is 9.59 Å². The number of carbonyl (C=O) groups excluding carboxylic acids is 2. The Hall–Kier alpha value is -4.32. The third-order valence-corrected chi connectivity index (χ3v) is 6.58. The van der Waals surface area contributed by atoms with Crippen LogP contribution in [0.5, 0.6) is 0 Å². The van der Waals surface area contributed by atoms with Gasteiger partial charge in [0.25, 0.3) is 0 Å². The molecule has 0 spiro atoms. The number of rotatable bonds is 8. The Morgan fingerprint density at radius 3 is 2.41 bits per heavy atom. The molecule has 0 saturated heterocycles. The van der Waals surface area contributed by atoms with Gasteiger partial charge < -0.3 is 10.6 Å². The maximum absolute atomic E-state index is 12.7. The number of carbonyl (C=O) groups is 2. The Labute approximate surface area is 217 Å². The predicted molar refractivity (Wildman–Crippen MR) is 147 cm³/mol. The predicted octanol–water partition coefficient (Wildman–Crippen LogP) is 6.68. The van der Waals surface area contributed by atoms with Gasteiger partial charge in [-0.25, -0.2) is 9.97 Å². The van der Waals surface area contributed by atoms with E-state index in [9.17, 15) is 9.59 Å². The molecule has 1 aliphatic rings. The summed E-state index contributed by atoms with van der Waals surface area (Å²) >= 11 is 0. The van der Waals surface area contributed by atoms with Crippen molar-refractivity contribution in [2.75, 3.05) is 10.6 Å². The van der Waals surface area contributed by atoms with E-state index in [1.54, 1.807) is 0 Å². The van der Waals surface area contributed by atoms with Crippen LogP contribution in [-0.2, 0) is 17.6 Å². The molecule has 1 aromatic heterocycles. The maximum Gasteiger partial charge on any atom is 0.224 e. The van der Waals surface area contributed by atoms with Crippen LogP contribution in [0, 0.1) is 6.92 Å². The molecule has 6 heteroatoms. The average Bonchev–Trinajstić information content (AvgIpc) is 2.92. The van der Waals surface area contributed by atoms with Crippen LogP contribution in [0.15, 0.2) is 78.9 Å². The van der Waals surface area contributed by atoms with E-state index in [1.807, 2.05) is 79.7 Å². The fourth-order valence-corrected chi connectivity index (χ4v) is 4.71. The molecular weight excluding hydrogens is 460 g/mol. The number of nitrogens with zero attached hydrogens (tertiary/aromatic N) is 2. The second-order valence-corrected chi connectivity index (χ2v) is 9.42. The van der Waals surface area contributed by atoms with E-state index in [4.69, 9.17) is 0 Å². The Bertz CT molecular complexity index is 1430. The normalized spacial score (nSPS) is 12.5. The molecule has 0 radical (unpaired) electrons. The van der Waals surface area contributed by atoms with Gasteiger partial charge in [-0.15, -0.1) is 0 Å². The van der Waals surface area contributed by atoms with Crippen molar-refractivity contribution in [3.8, 4) is 11.3 Å². The third-order valence-electron chi connectivity index (χ3n) is 6.58. The monoisotopic (exact) mass is 490 g/mol. The van der Waals surface area contributed by atoms with Gasteiger partial charge in [0.2, 0.25) is 5.91 Å². The van der Waals surface area contributed by atoms with Gasteiger partial charge in [0, 0.05) is 41.4 Å². The molecule has 37 heavy (non-hydrogen) atoms. The SMILES string of the molecule is Cc1nc(Nc2cccc(NC(=O)CCC(=O)c3ccc4c(c3)CCCC4)c2)cc(-c2ccccc2)n1. The number of nitrogens with one attached hydrogen (secondary N) is 2. The molecule has 0 aliphatic heterocycles. The molecule has 2 N–H and O–H groups in total. The van der Waals surface area contributed by atoms with E-state index in [2.05, 4.69) is 26.7 Å². The molecule has 1 heterocycles. The number of hydrogen-bond acceptors (Lipinski definition) is 5. The molecule has 0 atom stereocenters. The fraction of sp³-hybridized carbons (Fsp3) is 0.226. The first-order valence-corrected chi connectivity index (χ1v) is 12.8. The summed E-state index contributed by atoms with van der Waals surface area (Å²) < 4.78 is 0. The maximum atomic E-state index is 12.7. The molecule has 0 bridgehead atoms. The lowest BCUT2D eigenvalue weighted by Crippen LogP contribution is -2.14. The zero-order chi connectivity index (χ0) is 25.6. The number of amides is 1. The quantitative estimate of drug-likeness (QED) is 0.269. The molecule has 1 amide bonds. The summed E-state index contributed by atoms with van der Waals surface area (Å²) in [6, 6.07) is 25.3. The van der Waals surface area contributed by atoms with Crippen LogP contribution in [-0.4, -0.2) is 21.7 Å². The fourth-order valence-electron chi connectivity index (χ4n) is 4.71. The lowest BCUT2D eigenvalue weighted by molar-refractivity contribution is -0.116. The summed E-state index contributed by atoms with van der Waals surface area (Å²) in [4.78, 5) is 34.3. The Balaban J connectivity index is 1.19. The molecule has 186 valence electrons. The minimum atomic E-state index is -0.187. The van der Waals surface area contributed by atoms with E-state index in [1.165, 1.54) is 24.0 Å². The second kappa shape index (κ2) is 11.2. The van der Waals surface area contributed by atoms with E-state index < -0.39 is 0 Å². The van der Waals surface area contributed by atoms with Crippen LogP contribution in [0.2, 0.25) is 0 Å². The largest absolute Gasteiger partial charge is 0.340 e. The molecule has 0 fully saturated rings. The Kier molecular flexibility index (Phi) is 7.36. The first kappa shape index (κ1) is 24.4. The van der Waals surface area contributed by atoms with Crippen molar-refractivity contribution >= 4 is 28.9 Å². The number of aryl methyl sites for hydroxylation is 3. The van der Waals surface area contributed by atoms with Crippen LogP contribution >= 0.6 is 0 Å². The van der Waals surface area contributed by atoms with Crippen molar-refractivity contribution in [2.45, 2.75) is 45.4 Å². The highest BCUT2D eigenvalue weighted by molar-refractivity contribution is 6.00. The first-order valence-electron chi connectivity index (χ1n) is 12.8. The molecule has 0 saturated carbocycles. The molecule has 5 rings (SSSR count). The van der Waals surface area contributed by atoms with E-state index in [0.29, 0.717) is 22.9 Å². The number of aromatic nitrogens is 2. The van der Waals surface area contributed by atoms with Crippen LogP contribution in [0.1, 0.15) is 53.0 Å². The Morgan fingerprint density at radius 1 is 0.784 bits per heavy atom. The van der Waals surface area contributed by atoms with Gasteiger partial charge in [0.1, 0.15) is 11.6 Å². The van der Waals surface area contributed by atoms with Crippen molar-refractivity contribution in [3.63, 3.8) is 0 Å². The summed E-state index contributed by atoms with van der Waals surface area (Å²) in [7, 11) is 0. The summed E-state index contributed by atoms with van der Waals surface area (Å²) in [6.45, 7) is 1.86. The first-order chi connectivity index (χ1) is 18.0. The molecule has 6 nitrogen and oxygen atoms in total. The molecule has 4 aromatic rings. The van der Waals surface area contributed by atoms with Gasteiger partial charge in [-0.2, -0.15) is 0 Å². The smallest absolute Gasteiger partial charge is 0.224 e. The number of Topliss-reactive ketones (excluding diaryl/α,β-unsaturated/α-hetero) is 1. The zero-order valence-corrected chi connectivity index (χ0v) is 21.0. The number of fused-ring (bicyclic) bond motifs is 1. The highest BCUT2D eigenvalue weighted by Gasteiger charge is 2.14. The average molecular weight is 491 g/mol. The highest BCUT2D eigenvalue weighted by atomic mass is 16.2. The summed E-state index contributed by atoms with van der Waals surface area (Å²) in [5.74, 6) is 1.15. The van der Waals surface area contributed by atoms with E-state index in [-0.39, 0.29) is 24.5 Å². The lowest BCUT2D eigenvalue weighted by Gasteiger charge is -2.16. The van der Waals surface area contributed by atoms with E-state index in [0.717, 1.165) is 29.8 Å². The van der Waals surface area contributed by atoms with Crippen LogP contribution in [0.25, 0.3) is 11.3 Å². The highest BCUT2D eigenvalue weighted by Crippen LogP contribution is 2.25. The summed E-state index contributed by atoms with van der Waals surface area (Å²) in [6.07, 6.45) is 4.83. The Morgan fingerprint density at radius 2 is 1.57 bits per heavy atom. The molecule has 0 unspecified atom stereocenters. The number of benzene rings is 3. The van der Waals surface area contributed by atoms with Crippen LogP contribution < -0.4 is 10.6 Å². The van der Waals surface area contributed by atoms with Gasteiger partial charge in [-0.1, -0.05) is 48.5 Å². The van der Waals surface area contributed by atoms with Crippen LogP contribution in [0.4, 0.5) is 17.2 Å². The summed E-state index contributed by atoms with van der Waals surface area (Å²) in [5.41, 5.74) is 6.63. The molecular formula is C31H30N4O2. The number of ketones is 1. The minimum Gasteiger partial charge on any atom is -0.340 e. The lowest BCUT2D eigenvalue weighted by atomic mass is 9.89. The third kappa shape index (κ3) is 6.28. The van der Waals surface area contributed by atoms with Gasteiger partial charge in [-0.05, 0) is 68.0 Å². The van der Waals surface area contributed by atoms with Gasteiger partial charge in [0.15, 0.2) is 5.78 Å². The number of hydrogen-bond donors (Lipinski definition) is 2. The standard InChI is InChI=1S/C31H30N4O2/c1-21-32-28(23-9-3-2-4-10-23)20-30(33-21)34-26-12-7-13-27(19-26)35-31(37)17-16-29(36)25-15-14-22-8-5-6-11-24(22)18-25/h2-4,7,9-10,12-15,18-20H,5-6,8,11,16-17H2,1H3,(H,35,37)(H,32,33,34). The molecule has 3 aromatic carbocycles. The summed E-state index contributed by atoms with van der Waals surface area (Å²) in [5, 5.41) is 6.22. The topological polar surface area (TPSA) is 84.0 Å². The van der Waals surface area contributed by atoms with Crippen LogP contribution in [0.3, 0.4) is 0 Å². The minimum absolute atomic E-state index is 0.00675. The zero-order valence-electron chi connectivity index (χ0n) is 21.0. The molecule has 1 aliphatic carbocycles. The second-order valence-electron chi connectivity index (χ2n) is 9.42. The van der Waals surface area contributed by atoms with Gasteiger partial charge in [0.05, 0.1) is 5.69 Å². The van der Waals surface area contributed by atoms with Crippen molar-refractivity contribution in [2.24, 2.45) is 0 Å².